The van der Waals surface area contributed by atoms with Gasteiger partial charge in [-0.1, -0.05) is 50.3 Å². The van der Waals surface area contributed by atoms with Crippen molar-refractivity contribution in [3.8, 4) is 0 Å². The van der Waals surface area contributed by atoms with Crippen molar-refractivity contribution < 1.29 is 0 Å². The van der Waals surface area contributed by atoms with E-state index in [1.165, 1.54) is 23.1 Å². The fourth-order valence-electron chi connectivity index (χ4n) is 2.31. The van der Waals surface area contributed by atoms with Crippen molar-refractivity contribution in [1.82, 2.24) is 0 Å². The summed E-state index contributed by atoms with van der Waals surface area (Å²) in [4.78, 5) is 0. The lowest BCUT2D eigenvalue weighted by Crippen LogP contribution is -2.06. The number of rotatable bonds is 2. The Hall–Kier alpha value is -1.04. The molecule has 0 amide bonds. The van der Waals surface area contributed by atoms with Crippen LogP contribution in [-0.4, -0.2) is 0 Å². The lowest BCUT2D eigenvalue weighted by Gasteiger charge is -2.16. The molecule has 1 fully saturated rings. The predicted molar refractivity (Wildman–Crippen MR) is 62.3 cm³/mol. The summed E-state index contributed by atoms with van der Waals surface area (Å²) in [6.45, 7) is 10.8. The standard InChI is InChI=1S/C14H18/c1-10(2)12-7-5-6-8-13(12)14(4)9-11(14)3/h5-8,11H,1,9H2,2-4H3/t11-,14?/m0/s1. The molecule has 0 radical (unpaired) electrons. The van der Waals surface area contributed by atoms with Crippen molar-refractivity contribution in [2.45, 2.75) is 32.6 Å². The fraction of sp³-hybridized carbons (Fsp3) is 0.429. The molecule has 1 saturated carbocycles. The van der Waals surface area contributed by atoms with Gasteiger partial charge in [0.2, 0.25) is 0 Å². The minimum atomic E-state index is 0.412. The second-order valence-electron chi connectivity index (χ2n) is 4.85. The molecule has 1 aromatic rings. The van der Waals surface area contributed by atoms with Gasteiger partial charge in [0.25, 0.3) is 0 Å². The van der Waals surface area contributed by atoms with Gasteiger partial charge in [0.1, 0.15) is 0 Å². The Bertz CT molecular complexity index is 375. The first kappa shape index (κ1) is 9.51. The summed E-state index contributed by atoms with van der Waals surface area (Å²) in [5, 5.41) is 0. The van der Waals surface area contributed by atoms with Gasteiger partial charge in [0.15, 0.2) is 0 Å². The molecule has 0 nitrogen and oxygen atoms in total. The van der Waals surface area contributed by atoms with Crippen molar-refractivity contribution in [2.24, 2.45) is 5.92 Å². The highest BCUT2D eigenvalue weighted by atomic mass is 14.5. The first-order valence-electron chi connectivity index (χ1n) is 5.31. The maximum atomic E-state index is 4.05. The van der Waals surface area contributed by atoms with E-state index in [0.717, 1.165) is 5.92 Å². The first-order valence-corrected chi connectivity index (χ1v) is 5.31. The molecule has 0 aromatic heterocycles. The van der Waals surface area contributed by atoms with Gasteiger partial charge in [-0.3, -0.25) is 0 Å². The molecule has 14 heavy (non-hydrogen) atoms. The van der Waals surface area contributed by atoms with Gasteiger partial charge in [0, 0.05) is 0 Å². The third kappa shape index (κ3) is 1.30. The van der Waals surface area contributed by atoms with Crippen LogP contribution in [-0.2, 0) is 5.41 Å². The zero-order chi connectivity index (χ0) is 10.3. The fourth-order valence-corrected chi connectivity index (χ4v) is 2.31. The predicted octanol–water partition coefficient (Wildman–Crippen LogP) is 4.02. The van der Waals surface area contributed by atoms with Crippen LogP contribution >= 0.6 is 0 Å². The van der Waals surface area contributed by atoms with Crippen LogP contribution in [0.3, 0.4) is 0 Å². The second kappa shape index (κ2) is 2.98. The van der Waals surface area contributed by atoms with Gasteiger partial charge in [-0.25, -0.2) is 0 Å². The Morgan fingerprint density at radius 1 is 1.43 bits per heavy atom. The highest BCUT2D eigenvalue weighted by Crippen LogP contribution is 2.54. The van der Waals surface area contributed by atoms with E-state index in [2.05, 4.69) is 51.6 Å². The van der Waals surface area contributed by atoms with E-state index in [0.29, 0.717) is 5.41 Å². The summed E-state index contributed by atoms with van der Waals surface area (Å²) in [6.07, 6.45) is 1.32. The number of benzene rings is 1. The third-order valence-corrected chi connectivity index (χ3v) is 3.66. The van der Waals surface area contributed by atoms with Gasteiger partial charge in [-0.15, -0.1) is 0 Å². The minimum absolute atomic E-state index is 0.412. The van der Waals surface area contributed by atoms with Crippen LogP contribution in [0.2, 0.25) is 0 Å². The molecule has 0 heteroatoms. The van der Waals surface area contributed by atoms with Gasteiger partial charge < -0.3 is 0 Å². The molecule has 2 atom stereocenters. The Kier molecular flexibility index (Phi) is 2.02. The van der Waals surface area contributed by atoms with E-state index in [4.69, 9.17) is 0 Å². The van der Waals surface area contributed by atoms with E-state index >= 15 is 0 Å². The zero-order valence-corrected chi connectivity index (χ0v) is 9.30. The molecule has 1 unspecified atom stereocenters. The molecule has 0 spiro atoms. The van der Waals surface area contributed by atoms with Gasteiger partial charge in [-0.2, -0.15) is 0 Å². The Morgan fingerprint density at radius 3 is 2.50 bits per heavy atom. The summed E-state index contributed by atoms with van der Waals surface area (Å²) in [6, 6.07) is 8.68. The zero-order valence-electron chi connectivity index (χ0n) is 9.30. The van der Waals surface area contributed by atoms with Crippen LogP contribution in [0.5, 0.6) is 0 Å². The molecule has 1 aliphatic rings. The quantitative estimate of drug-likeness (QED) is 0.654. The molecule has 0 bridgehead atoms. The van der Waals surface area contributed by atoms with Crippen molar-refractivity contribution in [2.75, 3.05) is 0 Å². The lowest BCUT2D eigenvalue weighted by atomic mass is 9.89. The molecule has 0 heterocycles. The SMILES string of the molecule is C=C(C)c1ccccc1C1(C)C[C@@H]1C. The maximum absolute atomic E-state index is 4.05. The van der Waals surface area contributed by atoms with E-state index in [1.807, 2.05) is 0 Å². The van der Waals surface area contributed by atoms with E-state index in [1.54, 1.807) is 0 Å². The van der Waals surface area contributed by atoms with Crippen LogP contribution in [0.1, 0.15) is 38.3 Å². The second-order valence-corrected chi connectivity index (χ2v) is 4.85. The average molecular weight is 186 g/mol. The minimum Gasteiger partial charge on any atom is -0.0955 e. The highest BCUT2D eigenvalue weighted by Gasteiger charge is 2.48. The van der Waals surface area contributed by atoms with Gasteiger partial charge in [0.05, 0.1) is 0 Å². The van der Waals surface area contributed by atoms with Crippen molar-refractivity contribution >= 4 is 5.57 Å². The van der Waals surface area contributed by atoms with Crippen molar-refractivity contribution in [3.05, 3.63) is 42.0 Å². The summed E-state index contributed by atoms with van der Waals surface area (Å²) in [5.41, 5.74) is 4.43. The van der Waals surface area contributed by atoms with Crippen LogP contribution in [0.4, 0.5) is 0 Å². The van der Waals surface area contributed by atoms with Crippen molar-refractivity contribution in [3.63, 3.8) is 0 Å². The van der Waals surface area contributed by atoms with Crippen LogP contribution in [0.15, 0.2) is 30.8 Å². The average Bonchev–Trinajstić information content (AvgIpc) is 2.76. The molecular weight excluding hydrogens is 168 g/mol. The molecule has 2 rings (SSSR count). The monoisotopic (exact) mass is 186 g/mol. The van der Waals surface area contributed by atoms with Crippen LogP contribution < -0.4 is 0 Å². The first-order chi connectivity index (χ1) is 6.55. The van der Waals surface area contributed by atoms with Gasteiger partial charge in [-0.05, 0) is 35.8 Å². The molecular formula is C14H18. The molecule has 74 valence electrons. The smallest absolute Gasteiger partial charge is 0.00405 e. The van der Waals surface area contributed by atoms with Crippen molar-refractivity contribution in [1.29, 1.82) is 0 Å². The summed E-state index contributed by atoms with van der Waals surface area (Å²) < 4.78 is 0. The lowest BCUT2D eigenvalue weighted by molar-refractivity contribution is 0.700. The Labute approximate surface area is 86.7 Å². The third-order valence-electron chi connectivity index (χ3n) is 3.66. The van der Waals surface area contributed by atoms with Crippen LogP contribution in [0.25, 0.3) is 5.57 Å². The van der Waals surface area contributed by atoms with Crippen LogP contribution in [0, 0.1) is 5.92 Å². The summed E-state index contributed by atoms with van der Waals surface area (Å²) in [5.74, 6) is 0.822. The molecule has 0 aliphatic heterocycles. The molecule has 0 saturated heterocycles. The largest absolute Gasteiger partial charge is 0.0955 e. The number of allylic oxidation sites excluding steroid dienone is 1. The summed E-state index contributed by atoms with van der Waals surface area (Å²) in [7, 11) is 0. The number of hydrogen-bond donors (Lipinski definition) is 0. The Balaban J connectivity index is 2.48. The van der Waals surface area contributed by atoms with E-state index in [9.17, 15) is 0 Å². The van der Waals surface area contributed by atoms with E-state index < -0.39 is 0 Å². The summed E-state index contributed by atoms with van der Waals surface area (Å²) >= 11 is 0. The molecule has 1 aliphatic carbocycles. The normalized spacial score (nSPS) is 30.1. The number of hydrogen-bond acceptors (Lipinski definition) is 0. The highest BCUT2D eigenvalue weighted by molar-refractivity contribution is 5.66. The van der Waals surface area contributed by atoms with E-state index in [-0.39, 0.29) is 0 Å². The molecule has 1 aromatic carbocycles. The van der Waals surface area contributed by atoms with Gasteiger partial charge >= 0.3 is 0 Å². The molecule has 0 N–H and O–H groups in total. The maximum Gasteiger partial charge on any atom is -0.00405 e. The Morgan fingerprint density at radius 2 is 2.00 bits per heavy atom. The topological polar surface area (TPSA) is 0 Å².